The van der Waals surface area contributed by atoms with Crippen LogP contribution in [0.1, 0.15) is 49.5 Å². The second-order valence-corrected chi connectivity index (χ2v) is 9.63. The molecule has 7 nitrogen and oxygen atoms in total. The zero-order valence-electron chi connectivity index (χ0n) is 16.3. The maximum Gasteiger partial charge on any atom is 0.255 e. The van der Waals surface area contributed by atoms with Gasteiger partial charge in [0.25, 0.3) is 5.91 Å². The number of fused-ring (bicyclic) bond motifs is 1. The Balaban J connectivity index is 1.96. The highest BCUT2D eigenvalue weighted by molar-refractivity contribution is 7.89. The van der Waals surface area contributed by atoms with Crippen LogP contribution in [0.4, 0.5) is 0 Å². The fraction of sp³-hybridized carbons (Fsp3) is 0.632. The Hall–Kier alpha value is -1.64. The number of amides is 1. The van der Waals surface area contributed by atoms with Crippen molar-refractivity contribution in [1.29, 1.82) is 0 Å². The first-order chi connectivity index (χ1) is 12.7. The second-order valence-electron chi connectivity index (χ2n) is 7.75. The molecule has 8 heteroatoms. The Morgan fingerprint density at radius 1 is 1.33 bits per heavy atom. The van der Waals surface area contributed by atoms with E-state index in [-0.39, 0.29) is 40.5 Å². The second kappa shape index (κ2) is 7.77. The summed E-state index contributed by atoms with van der Waals surface area (Å²) in [5, 5.41) is 6.57. The lowest BCUT2D eigenvalue weighted by Gasteiger charge is -2.28. The van der Waals surface area contributed by atoms with Gasteiger partial charge in [-0.15, -0.1) is 0 Å². The molecule has 3 unspecified atom stereocenters. The summed E-state index contributed by atoms with van der Waals surface area (Å²) < 4.78 is 32.8. The molecule has 1 fully saturated rings. The topological polar surface area (TPSA) is 96.5 Å². The Labute approximate surface area is 161 Å². The molecule has 1 aromatic carbocycles. The van der Waals surface area contributed by atoms with Crippen LogP contribution in [0.25, 0.3) is 0 Å². The summed E-state index contributed by atoms with van der Waals surface area (Å²) in [7, 11) is -2.29. The Morgan fingerprint density at radius 3 is 2.67 bits per heavy atom. The number of ether oxygens (including phenoxy) is 1. The van der Waals surface area contributed by atoms with Crippen LogP contribution < -0.4 is 20.1 Å². The van der Waals surface area contributed by atoms with Gasteiger partial charge in [0.1, 0.15) is 11.9 Å². The van der Waals surface area contributed by atoms with E-state index in [1.165, 1.54) is 13.1 Å². The van der Waals surface area contributed by atoms with Crippen LogP contribution in [0.5, 0.6) is 5.75 Å². The van der Waals surface area contributed by atoms with E-state index in [4.69, 9.17) is 4.74 Å². The van der Waals surface area contributed by atoms with Crippen LogP contribution in [0.3, 0.4) is 0 Å². The molecule has 3 atom stereocenters. The zero-order valence-corrected chi connectivity index (χ0v) is 17.2. The average Bonchev–Trinajstić information content (AvgIpc) is 3.26. The molecule has 0 radical (unpaired) electrons. The number of nitrogens with one attached hydrogen (secondary N) is 3. The van der Waals surface area contributed by atoms with Crippen molar-refractivity contribution in [1.82, 2.24) is 15.4 Å². The minimum Gasteiger partial charge on any atom is -0.489 e. The van der Waals surface area contributed by atoms with Crippen LogP contribution >= 0.6 is 0 Å². The molecule has 1 aromatic rings. The van der Waals surface area contributed by atoms with Gasteiger partial charge in [-0.05, 0) is 57.0 Å². The number of sulfonamides is 1. The Morgan fingerprint density at radius 2 is 2.07 bits per heavy atom. The van der Waals surface area contributed by atoms with E-state index in [1.54, 1.807) is 6.07 Å². The SMILES string of the molecule is CNS(=O)(=O)c1cc2c(c(C(=O)NC(C(C)C)C3CCCN3)c1)OC(C)C2. The predicted molar refractivity (Wildman–Crippen MR) is 104 cm³/mol. The maximum atomic E-state index is 13.1. The first-order valence-electron chi connectivity index (χ1n) is 9.54. The molecule has 2 aliphatic heterocycles. The largest absolute Gasteiger partial charge is 0.489 e. The molecule has 1 amide bonds. The third kappa shape index (κ3) is 4.12. The lowest BCUT2D eigenvalue weighted by molar-refractivity contribution is 0.0909. The van der Waals surface area contributed by atoms with Crippen molar-refractivity contribution in [3.63, 3.8) is 0 Å². The summed E-state index contributed by atoms with van der Waals surface area (Å²) in [6.45, 7) is 7.02. The molecular weight excluding hydrogens is 366 g/mol. The van der Waals surface area contributed by atoms with Crippen LogP contribution in [0.15, 0.2) is 17.0 Å². The van der Waals surface area contributed by atoms with E-state index in [9.17, 15) is 13.2 Å². The molecule has 1 saturated heterocycles. The molecule has 150 valence electrons. The van der Waals surface area contributed by atoms with Crippen molar-refractivity contribution >= 4 is 15.9 Å². The zero-order chi connectivity index (χ0) is 19.8. The van der Waals surface area contributed by atoms with E-state index in [1.807, 2.05) is 6.92 Å². The summed E-state index contributed by atoms with van der Waals surface area (Å²) in [6, 6.07) is 3.21. The van der Waals surface area contributed by atoms with Gasteiger partial charge < -0.3 is 15.4 Å². The van der Waals surface area contributed by atoms with E-state index in [0.29, 0.717) is 12.2 Å². The molecule has 3 N–H and O–H groups in total. The van der Waals surface area contributed by atoms with Crippen molar-refractivity contribution in [2.75, 3.05) is 13.6 Å². The summed E-state index contributed by atoms with van der Waals surface area (Å²) in [4.78, 5) is 13.2. The van der Waals surface area contributed by atoms with Gasteiger partial charge in [0.2, 0.25) is 10.0 Å². The van der Waals surface area contributed by atoms with Gasteiger partial charge in [-0.2, -0.15) is 0 Å². The minimum absolute atomic E-state index is 0.0287. The van der Waals surface area contributed by atoms with Crippen molar-refractivity contribution in [3.05, 3.63) is 23.3 Å². The fourth-order valence-corrected chi connectivity index (χ4v) is 4.73. The van der Waals surface area contributed by atoms with Gasteiger partial charge in [0, 0.05) is 18.5 Å². The summed E-state index contributed by atoms with van der Waals surface area (Å²) in [5.41, 5.74) is 1.04. The third-order valence-electron chi connectivity index (χ3n) is 5.34. The summed E-state index contributed by atoms with van der Waals surface area (Å²) >= 11 is 0. The first-order valence-corrected chi connectivity index (χ1v) is 11.0. The maximum absolute atomic E-state index is 13.1. The fourth-order valence-electron chi connectivity index (χ4n) is 3.92. The van der Waals surface area contributed by atoms with Gasteiger partial charge >= 0.3 is 0 Å². The van der Waals surface area contributed by atoms with Crippen molar-refractivity contribution in [2.24, 2.45) is 5.92 Å². The molecule has 2 aliphatic rings. The molecule has 0 bridgehead atoms. The van der Waals surface area contributed by atoms with E-state index in [2.05, 4.69) is 29.2 Å². The molecule has 0 spiro atoms. The Bertz CT molecular complexity index is 816. The summed E-state index contributed by atoms with van der Waals surface area (Å²) in [6.07, 6.45) is 2.61. The molecule has 0 saturated carbocycles. The molecule has 0 aromatic heterocycles. The van der Waals surface area contributed by atoms with Gasteiger partial charge in [0.15, 0.2) is 0 Å². The highest BCUT2D eigenvalue weighted by atomic mass is 32.2. The number of hydrogen-bond acceptors (Lipinski definition) is 5. The van der Waals surface area contributed by atoms with Gasteiger partial charge in [-0.1, -0.05) is 13.8 Å². The number of benzene rings is 1. The number of carbonyl (C=O) groups excluding carboxylic acids is 1. The Kier molecular flexibility index (Phi) is 5.79. The minimum atomic E-state index is -3.65. The molecule has 27 heavy (non-hydrogen) atoms. The van der Waals surface area contributed by atoms with E-state index < -0.39 is 10.0 Å². The number of rotatable bonds is 6. The van der Waals surface area contributed by atoms with Crippen molar-refractivity contribution < 1.29 is 17.9 Å². The van der Waals surface area contributed by atoms with Gasteiger partial charge in [0.05, 0.1) is 10.5 Å². The number of hydrogen-bond donors (Lipinski definition) is 3. The lowest BCUT2D eigenvalue weighted by Crippen LogP contribution is -2.50. The standard InChI is InChI=1S/C19H29N3O4S/c1-11(2)17(16-6-5-7-21-16)22-19(23)15-10-14(27(24,25)20-4)9-13-8-12(3)26-18(13)15/h9-12,16-17,20-21H,5-8H2,1-4H3,(H,22,23). The average molecular weight is 396 g/mol. The van der Waals surface area contributed by atoms with Gasteiger partial charge in [-0.25, -0.2) is 13.1 Å². The first kappa shape index (κ1) is 20.1. The molecule has 3 rings (SSSR count). The van der Waals surface area contributed by atoms with Crippen LogP contribution in [-0.4, -0.2) is 46.1 Å². The number of carbonyl (C=O) groups is 1. The van der Waals surface area contributed by atoms with E-state index >= 15 is 0 Å². The molecule has 0 aliphatic carbocycles. The van der Waals surface area contributed by atoms with Crippen molar-refractivity contribution in [3.8, 4) is 5.75 Å². The lowest BCUT2D eigenvalue weighted by atomic mass is 9.94. The quantitative estimate of drug-likeness (QED) is 0.677. The van der Waals surface area contributed by atoms with Gasteiger partial charge in [-0.3, -0.25) is 4.79 Å². The van der Waals surface area contributed by atoms with E-state index in [0.717, 1.165) is 24.9 Å². The molecular formula is C19H29N3O4S. The summed E-state index contributed by atoms with van der Waals surface area (Å²) in [5.74, 6) is 0.458. The predicted octanol–water partition coefficient (Wildman–Crippen LogP) is 1.42. The van der Waals surface area contributed by atoms with Crippen LogP contribution in [-0.2, 0) is 16.4 Å². The molecule has 2 heterocycles. The third-order valence-corrected chi connectivity index (χ3v) is 6.73. The highest BCUT2D eigenvalue weighted by Crippen LogP contribution is 2.35. The van der Waals surface area contributed by atoms with Crippen LogP contribution in [0, 0.1) is 5.92 Å². The monoisotopic (exact) mass is 395 g/mol. The van der Waals surface area contributed by atoms with Crippen LogP contribution in [0.2, 0.25) is 0 Å². The normalized spacial score (nSPS) is 23.1. The highest BCUT2D eigenvalue weighted by Gasteiger charge is 2.32. The smallest absolute Gasteiger partial charge is 0.255 e. The van der Waals surface area contributed by atoms with Crippen molar-refractivity contribution in [2.45, 2.75) is 63.1 Å².